The molecule has 1 heterocycles. The largest absolute Gasteiger partial charge is 0.478 e. The first-order valence-electron chi connectivity index (χ1n) is 5.32. The van der Waals surface area contributed by atoms with Gasteiger partial charge in [0.05, 0.1) is 11.3 Å². The molecule has 0 unspecified atom stereocenters. The molecule has 1 amide bonds. The van der Waals surface area contributed by atoms with E-state index in [-0.39, 0.29) is 11.3 Å². The third kappa shape index (κ3) is 3.08. The van der Waals surface area contributed by atoms with Crippen molar-refractivity contribution in [1.82, 2.24) is 4.98 Å². The number of nitrogens with zero attached hydrogens (tertiary/aromatic N) is 1. The monoisotopic (exact) mass is 276 g/mol. The Balaban J connectivity index is 2.29. The number of nitrogens with one attached hydrogen (secondary N) is 1. The van der Waals surface area contributed by atoms with Gasteiger partial charge in [-0.05, 0) is 30.3 Å². The minimum absolute atomic E-state index is 0.0603. The Hall–Kier alpha value is -2.40. The van der Waals surface area contributed by atoms with Crippen molar-refractivity contribution in [1.29, 1.82) is 0 Å². The Morgan fingerprint density at radius 2 is 1.84 bits per heavy atom. The second-order valence-electron chi connectivity index (χ2n) is 3.69. The fourth-order valence-electron chi connectivity index (χ4n) is 1.50. The number of carboxylic acids is 1. The summed E-state index contributed by atoms with van der Waals surface area (Å²) in [6.07, 6.45) is 2.96. The maximum absolute atomic E-state index is 11.9. The van der Waals surface area contributed by atoms with Crippen molar-refractivity contribution in [2.24, 2.45) is 0 Å². The van der Waals surface area contributed by atoms with E-state index in [2.05, 4.69) is 10.3 Å². The third-order valence-electron chi connectivity index (χ3n) is 2.40. The van der Waals surface area contributed by atoms with Crippen LogP contribution in [0.5, 0.6) is 0 Å². The van der Waals surface area contributed by atoms with E-state index in [4.69, 9.17) is 16.7 Å². The fraction of sp³-hybridized carbons (Fsp3) is 0. The summed E-state index contributed by atoms with van der Waals surface area (Å²) < 4.78 is 0. The zero-order valence-corrected chi connectivity index (χ0v) is 10.4. The van der Waals surface area contributed by atoms with Crippen LogP contribution in [0.2, 0.25) is 5.02 Å². The van der Waals surface area contributed by atoms with Crippen LogP contribution in [0.3, 0.4) is 0 Å². The van der Waals surface area contributed by atoms with E-state index in [1.54, 1.807) is 0 Å². The number of carboxylic acid groups (broad SMARTS) is 1. The van der Waals surface area contributed by atoms with Gasteiger partial charge in [-0.3, -0.25) is 9.78 Å². The molecule has 5 nitrogen and oxygen atoms in total. The Morgan fingerprint density at radius 1 is 1.16 bits per heavy atom. The topological polar surface area (TPSA) is 79.3 Å². The first kappa shape index (κ1) is 13.0. The van der Waals surface area contributed by atoms with E-state index >= 15 is 0 Å². The Morgan fingerprint density at radius 3 is 2.47 bits per heavy atom. The van der Waals surface area contributed by atoms with Crippen LogP contribution < -0.4 is 5.32 Å². The van der Waals surface area contributed by atoms with Crippen molar-refractivity contribution >= 4 is 29.2 Å². The number of halogens is 1. The molecule has 96 valence electrons. The molecule has 0 aliphatic carbocycles. The molecule has 2 rings (SSSR count). The highest BCUT2D eigenvalue weighted by Gasteiger charge is 2.13. The smallest absolute Gasteiger partial charge is 0.337 e. The average Bonchev–Trinajstić information content (AvgIpc) is 2.41. The van der Waals surface area contributed by atoms with Gasteiger partial charge in [-0.25, -0.2) is 4.79 Å². The third-order valence-corrected chi connectivity index (χ3v) is 2.64. The van der Waals surface area contributed by atoms with Crippen molar-refractivity contribution < 1.29 is 14.7 Å². The molecular weight excluding hydrogens is 268 g/mol. The van der Waals surface area contributed by atoms with Crippen LogP contribution in [0.15, 0.2) is 42.7 Å². The number of aromatic carboxylic acids is 1. The van der Waals surface area contributed by atoms with E-state index in [1.807, 2.05) is 0 Å². The molecule has 0 saturated heterocycles. The maximum Gasteiger partial charge on any atom is 0.337 e. The quantitative estimate of drug-likeness (QED) is 0.903. The standard InChI is InChI=1S/C13H9ClN2O3/c14-9-1-2-11(10(7-9)13(18)19)16-12(17)8-3-5-15-6-4-8/h1-7H,(H,16,17)(H,18,19). The van der Waals surface area contributed by atoms with Crippen molar-refractivity contribution in [3.05, 3.63) is 58.9 Å². The lowest BCUT2D eigenvalue weighted by molar-refractivity contribution is 0.0698. The maximum atomic E-state index is 11.9. The number of carbonyl (C=O) groups is 2. The number of carbonyl (C=O) groups excluding carboxylic acids is 1. The summed E-state index contributed by atoms with van der Waals surface area (Å²) in [5.41, 5.74) is 0.523. The SMILES string of the molecule is O=C(Nc1ccc(Cl)cc1C(=O)O)c1ccncc1. The molecule has 0 fully saturated rings. The van der Waals surface area contributed by atoms with Crippen molar-refractivity contribution in [3.8, 4) is 0 Å². The van der Waals surface area contributed by atoms with E-state index in [0.29, 0.717) is 10.6 Å². The lowest BCUT2D eigenvalue weighted by atomic mass is 10.1. The number of amides is 1. The van der Waals surface area contributed by atoms with Gasteiger partial charge in [-0.1, -0.05) is 11.6 Å². The summed E-state index contributed by atoms with van der Waals surface area (Å²) in [6.45, 7) is 0. The predicted octanol–water partition coefficient (Wildman–Crippen LogP) is 2.69. The summed E-state index contributed by atoms with van der Waals surface area (Å²) in [4.78, 5) is 26.8. The summed E-state index contributed by atoms with van der Waals surface area (Å²) in [6, 6.07) is 7.31. The number of pyridine rings is 1. The molecule has 2 N–H and O–H groups in total. The normalized spacial score (nSPS) is 9.95. The molecule has 0 radical (unpaired) electrons. The molecule has 2 aromatic rings. The second kappa shape index (κ2) is 5.49. The van der Waals surface area contributed by atoms with Gasteiger partial charge >= 0.3 is 5.97 Å². The molecule has 0 aliphatic heterocycles. The van der Waals surface area contributed by atoms with Crippen LogP contribution in [0.4, 0.5) is 5.69 Å². The number of hydrogen-bond acceptors (Lipinski definition) is 3. The summed E-state index contributed by atoms with van der Waals surface area (Å²) in [5.74, 6) is -1.57. The number of hydrogen-bond donors (Lipinski definition) is 2. The zero-order valence-electron chi connectivity index (χ0n) is 9.63. The average molecular weight is 277 g/mol. The highest BCUT2D eigenvalue weighted by molar-refractivity contribution is 6.31. The van der Waals surface area contributed by atoms with Crippen LogP contribution in [-0.2, 0) is 0 Å². The van der Waals surface area contributed by atoms with Gasteiger partial charge in [0.25, 0.3) is 5.91 Å². The van der Waals surface area contributed by atoms with E-state index in [0.717, 1.165) is 0 Å². The predicted molar refractivity (Wildman–Crippen MR) is 70.6 cm³/mol. The molecule has 6 heteroatoms. The fourth-order valence-corrected chi connectivity index (χ4v) is 1.67. The Kier molecular flexibility index (Phi) is 3.77. The van der Waals surface area contributed by atoms with Crippen molar-refractivity contribution in [2.75, 3.05) is 5.32 Å². The molecule has 0 saturated carbocycles. The van der Waals surface area contributed by atoms with Crippen LogP contribution in [-0.4, -0.2) is 22.0 Å². The number of benzene rings is 1. The molecule has 1 aromatic carbocycles. The molecule has 1 aromatic heterocycles. The highest BCUT2D eigenvalue weighted by atomic mass is 35.5. The van der Waals surface area contributed by atoms with Crippen LogP contribution in [0.25, 0.3) is 0 Å². The van der Waals surface area contributed by atoms with Gasteiger partial charge in [0.2, 0.25) is 0 Å². The van der Waals surface area contributed by atoms with Crippen molar-refractivity contribution in [3.63, 3.8) is 0 Å². The molecule has 19 heavy (non-hydrogen) atoms. The van der Waals surface area contributed by atoms with Gasteiger partial charge in [-0.2, -0.15) is 0 Å². The van der Waals surface area contributed by atoms with Crippen LogP contribution in [0.1, 0.15) is 20.7 Å². The lowest BCUT2D eigenvalue weighted by Gasteiger charge is -2.08. The van der Waals surface area contributed by atoms with Crippen molar-refractivity contribution in [2.45, 2.75) is 0 Å². The molecular formula is C13H9ClN2O3. The summed E-state index contributed by atoms with van der Waals surface area (Å²) in [7, 11) is 0. The highest BCUT2D eigenvalue weighted by Crippen LogP contribution is 2.21. The van der Waals surface area contributed by atoms with Gasteiger partial charge < -0.3 is 10.4 Å². The van der Waals surface area contributed by atoms with Gasteiger partial charge in [-0.15, -0.1) is 0 Å². The molecule has 0 aliphatic rings. The van der Waals surface area contributed by atoms with E-state index in [9.17, 15) is 9.59 Å². The second-order valence-corrected chi connectivity index (χ2v) is 4.12. The first-order valence-corrected chi connectivity index (χ1v) is 5.70. The van der Waals surface area contributed by atoms with Gasteiger partial charge in [0, 0.05) is 23.0 Å². The number of aromatic nitrogens is 1. The summed E-state index contributed by atoms with van der Waals surface area (Å²) in [5, 5.41) is 11.9. The minimum atomic E-state index is -1.16. The van der Waals surface area contributed by atoms with Crippen LogP contribution in [0, 0.1) is 0 Å². The van der Waals surface area contributed by atoms with Crippen LogP contribution >= 0.6 is 11.6 Å². The summed E-state index contributed by atoms with van der Waals surface area (Å²) >= 11 is 5.73. The van der Waals surface area contributed by atoms with Gasteiger partial charge in [0.1, 0.15) is 0 Å². The number of rotatable bonds is 3. The Bertz CT molecular complexity index is 629. The van der Waals surface area contributed by atoms with E-state index < -0.39 is 11.9 Å². The lowest BCUT2D eigenvalue weighted by Crippen LogP contribution is -2.14. The zero-order chi connectivity index (χ0) is 13.8. The van der Waals surface area contributed by atoms with Gasteiger partial charge in [0.15, 0.2) is 0 Å². The van der Waals surface area contributed by atoms with E-state index in [1.165, 1.54) is 42.7 Å². The Labute approximate surface area is 113 Å². The minimum Gasteiger partial charge on any atom is -0.478 e. The first-order chi connectivity index (χ1) is 9.08. The molecule has 0 atom stereocenters. The number of anilines is 1. The molecule has 0 spiro atoms. The molecule has 0 bridgehead atoms.